The number of benzene rings is 1. The average molecular weight is 221 g/mol. The Morgan fingerprint density at radius 3 is 2.93 bits per heavy atom. The molecule has 0 radical (unpaired) electrons. The van der Waals surface area contributed by atoms with Crippen molar-refractivity contribution in [3.63, 3.8) is 0 Å². The van der Waals surface area contributed by atoms with Crippen molar-refractivity contribution in [2.75, 3.05) is 0 Å². The molecule has 0 atom stereocenters. The van der Waals surface area contributed by atoms with Crippen LogP contribution < -0.4 is 0 Å². The maximum absolute atomic E-state index is 10.8. The molecular formula is C11H9ClN2O. The van der Waals surface area contributed by atoms with Crippen molar-refractivity contribution in [1.29, 1.82) is 0 Å². The lowest BCUT2D eigenvalue weighted by Gasteiger charge is -2.04. The minimum atomic E-state index is 0.228. The highest BCUT2D eigenvalue weighted by atomic mass is 35.5. The number of aldehydes is 1. The van der Waals surface area contributed by atoms with Crippen molar-refractivity contribution in [3.05, 3.63) is 47.0 Å². The quantitative estimate of drug-likeness (QED) is 0.730. The van der Waals surface area contributed by atoms with Crippen molar-refractivity contribution < 1.29 is 4.79 Å². The molecule has 3 nitrogen and oxygen atoms in total. The first kappa shape index (κ1) is 9.93. The molecule has 0 aliphatic rings. The minimum Gasteiger partial charge on any atom is -0.296 e. The van der Waals surface area contributed by atoms with Crippen LogP contribution in [0.1, 0.15) is 16.1 Å². The van der Waals surface area contributed by atoms with Crippen molar-refractivity contribution >= 4 is 17.9 Å². The van der Waals surface area contributed by atoms with Crippen molar-refractivity contribution in [2.45, 2.75) is 6.92 Å². The summed E-state index contributed by atoms with van der Waals surface area (Å²) in [5.41, 5.74) is 2.38. The van der Waals surface area contributed by atoms with E-state index in [1.807, 2.05) is 31.2 Å². The van der Waals surface area contributed by atoms with Crippen molar-refractivity contribution in [2.24, 2.45) is 0 Å². The fourth-order valence-corrected chi connectivity index (χ4v) is 1.60. The summed E-state index contributed by atoms with van der Waals surface area (Å²) < 4.78 is 1.67. The molecule has 0 unspecified atom stereocenters. The highest BCUT2D eigenvalue weighted by Crippen LogP contribution is 2.17. The first-order valence-corrected chi connectivity index (χ1v) is 4.85. The minimum absolute atomic E-state index is 0.228. The largest absolute Gasteiger partial charge is 0.296 e. The number of halogens is 1. The summed E-state index contributed by atoms with van der Waals surface area (Å²) in [6, 6.07) is 7.78. The zero-order chi connectivity index (χ0) is 10.8. The van der Waals surface area contributed by atoms with Gasteiger partial charge in [0.25, 0.3) is 0 Å². The van der Waals surface area contributed by atoms with Gasteiger partial charge in [-0.25, -0.2) is 4.98 Å². The van der Waals surface area contributed by atoms with Gasteiger partial charge in [-0.1, -0.05) is 23.7 Å². The highest BCUT2D eigenvalue weighted by molar-refractivity contribution is 6.31. The molecule has 0 aliphatic heterocycles. The SMILES string of the molecule is Cc1cccc(-n2cnc(Cl)c2C=O)c1. The Morgan fingerprint density at radius 2 is 2.27 bits per heavy atom. The molecule has 15 heavy (non-hydrogen) atoms. The van der Waals surface area contributed by atoms with Gasteiger partial charge in [0, 0.05) is 5.69 Å². The molecule has 1 heterocycles. The van der Waals surface area contributed by atoms with Crippen LogP contribution in [0.15, 0.2) is 30.6 Å². The summed E-state index contributed by atoms with van der Waals surface area (Å²) in [4.78, 5) is 14.7. The lowest BCUT2D eigenvalue weighted by atomic mass is 10.2. The number of nitrogens with zero attached hydrogens (tertiary/aromatic N) is 2. The van der Waals surface area contributed by atoms with Crippen molar-refractivity contribution in [1.82, 2.24) is 9.55 Å². The first-order valence-electron chi connectivity index (χ1n) is 4.47. The Morgan fingerprint density at radius 1 is 1.47 bits per heavy atom. The molecule has 2 aromatic rings. The van der Waals surface area contributed by atoms with Crippen LogP contribution in [-0.2, 0) is 0 Å². The van der Waals surface area contributed by atoms with Crippen molar-refractivity contribution in [3.8, 4) is 5.69 Å². The molecule has 0 amide bonds. The maximum atomic E-state index is 10.8. The van der Waals surface area contributed by atoms with E-state index in [-0.39, 0.29) is 5.15 Å². The third-order valence-electron chi connectivity index (χ3n) is 2.15. The van der Waals surface area contributed by atoms with E-state index in [0.717, 1.165) is 11.3 Å². The van der Waals surface area contributed by atoms with Gasteiger partial charge in [0.2, 0.25) is 0 Å². The molecule has 0 saturated carbocycles. The number of hydrogen-bond acceptors (Lipinski definition) is 2. The standard InChI is InChI=1S/C11H9ClN2O/c1-8-3-2-4-9(5-8)14-7-13-11(12)10(14)6-15/h2-7H,1H3. The number of carbonyl (C=O) groups excluding carboxylic acids is 1. The van der Waals surface area contributed by atoms with Gasteiger partial charge in [-0.15, -0.1) is 0 Å². The lowest BCUT2D eigenvalue weighted by molar-refractivity contribution is 0.111. The zero-order valence-corrected chi connectivity index (χ0v) is 8.90. The van der Waals surface area contributed by atoms with Gasteiger partial charge in [0.05, 0.1) is 0 Å². The molecule has 0 N–H and O–H groups in total. The zero-order valence-electron chi connectivity index (χ0n) is 8.14. The van der Waals surface area contributed by atoms with E-state index in [4.69, 9.17) is 11.6 Å². The molecule has 2 rings (SSSR count). The van der Waals surface area contributed by atoms with Crippen LogP contribution in [0.4, 0.5) is 0 Å². The third kappa shape index (κ3) is 1.78. The number of rotatable bonds is 2. The molecule has 1 aromatic carbocycles. The second-order valence-electron chi connectivity index (χ2n) is 3.25. The molecule has 0 saturated heterocycles. The third-order valence-corrected chi connectivity index (χ3v) is 2.44. The van der Waals surface area contributed by atoms with Gasteiger partial charge in [0.15, 0.2) is 11.4 Å². The topological polar surface area (TPSA) is 34.9 Å². The summed E-state index contributed by atoms with van der Waals surface area (Å²) in [6.07, 6.45) is 2.25. The highest BCUT2D eigenvalue weighted by Gasteiger charge is 2.08. The molecule has 76 valence electrons. The van der Waals surface area contributed by atoms with E-state index < -0.39 is 0 Å². The fourth-order valence-electron chi connectivity index (χ4n) is 1.43. The second kappa shape index (κ2) is 3.87. The summed E-state index contributed by atoms with van der Waals surface area (Å²) in [5.74, 6) is 0. The predicted octanol–water partition coefficient (Wildman–Crippen LogP) is 2.65. The average Bonchev–Trinajstić information content (AvgIpc) is 2.59. The number of aryl methyl sites for hydroxylation is 1. The van der Waals surface area contributed by atoms with Gasteiger partial charge in [-0.3, -0.25) is 9.36 Å². The summed E-state index contributed by atoms with van der Waals surface area (Å²) >= 11 is 5.77. The Labute approximate surface area is 92.3 Å². The number of imidazole rings is 1. The van der Waals surface area contributed by atoms with Crippen LogP contribution in [0.25, 0.3) is 5.69 Å². The maximum Gasteiger partial charge on any atom is 0.170 e. The van der Waals surface area contributed by atoms with Gasteiger partial charge in [-0.05, 0) is 24.6 Å². The lowest BCUT2D eigenvalue weighted by Crippen LogP contribution is -1.97. The summed E-state index contributed by atoms with van der Waals surface area (Å²) in [6.45, 7) is 1.99. The van der Waals surface area contributed by atoms with Crippen LogP contribution in [0.2, 0.25) is 5.15 Å². The smallest absolute Gasteiger partial charge is 0.170 e. The molecule has 1 aromatic heterocycles. The van der Waals surface area contributed by atoms with E-state index in [0.29, 0.717) is 12.0 Å². The second-order valence-corrected chi connectivity index (χ2v) is 3.61. The molecule has 0 aliphatic carbocycles. The monoisotopic (exact) mass is 220 g/mol. The Balaban J connectivity index is 2.58. The fraction of sp³-hybridized carbons (Fsp3) is 0.0909. The molecule has 4 heteroatoms. The van der Waals surface area contributed by atoms with E-state index in [1.54, 1.807) is 10.9 Å². The summed E-state index contributed by atoms with van der Waals surface area (Å²) in [7, 11) is 0. The van der Waals surface area contributed by atoms with Crippen LogP contribution in [0, 0.1) is 6.92 Å². The van der Waals surface area contributed by atoms with E-state index in [2.05, 4.69) is 4.98 Å². The Bertz CT molecular complexity index is 505. The van der Waals surface area contributed by atoms with Crippen LogP contribution in [0.5, 0.6) is 0 Å². The molecule has 0 fully saturated rings. The van der Waals surface area contributed by atoms with Gasteiger partial charge in [-0.2, -0.15) is 0 Å². The molecular weight excluding hydrogens is 212 g/mol. The first-order chi connectivity index (χ1) is 7.22. The van der Waals surface area contributed by atoms with Gasteiger partial charge < -0.3 is 0 Å². The Kier molecular flexibility index (Phi) is 2.56. The molecule has 0 bridgehead atoms. The van der Waals surface area contributed by atoms with Crippen LogP contribution in [-0.4, -0.2) is 15.8 Å². The number of hydrogen-bond donors (Lipinski definition) is 0. The van der Waals surface area contributed by atoms with E-state index in [9.17, 15) is 4.79 Å². The normalized spacial score (nSPS) is 10.3. The Hall–Kier alpha value is -1.61. The van der Waals surface area contributed by atoms with Gasteiger partial charge >= 0.3 is 0 Å². The van der Waals surface area contributed by atoms with Crippen LogP contribution >= 0.6 is 11.6 Å². The van der Waals surface area contributed by atoms with E-state index >= 15 is 0 Å². The number of aromatic nitrogens is 2. The summed E-state index contributed by atoms with van der Waals surface area (Å²) in [5, 5.41) is 0.228. The van der Waals surface area contributed by atoms with E-state index in [1.165, 1.54) is 0 Å². The van der Waals surface area contributed by atoms with Gasteiger partial charge in [0.1, 0.15) is 12.0 Å². The van der Waals surface area contributed by atoms with Crippen LogP contribution in [0.3, 0.4) is 0 Å². The predicted molar refractivity (Wildman–Crippen MR) is 58.7 cm³/mol. The molecule has 0 spiro atoms. The number of carbonyl (C=O) groups is 1.